The zero-order valence-corrected chi connectivity index (χ0v) is 30.8. The first kappa shape index (κ1) is 31.2. The predicted molar refractivity (Wildman–Crippen MR) is 236 cm³/mol. The van der Waals surface area contributed by atoms with E-state index in [1.165, 1.54) is 48.1 Å². The van der Waals surface area contributed by atoms with Gasteiger partial charge in [0.15, 0.2) is 5.82 Å². The normalized spacial score (nSPS) is 11.9. The Hall–Kier alpha value is -7.14. The van der Waals surface area contributed by atoms with E-state index in [1.807, 2.05) is 12.1 Å². The Balaban J connectivity index is 0.981. The molecule has 0 N–H and O–H groups in total. The molecule has 3 nitrogen and oxygen atoms in total. The van der Waals surface area contributed by atoms with Gasteiger partial charge in [0, 0.05) is 32.0 Å². The highest BCUT2D eigenvalue weighted by Crippen LogP contribution is 2.43. The molecule has 0 atom stereocenters. The average Bonchev–Trinajstić information content (AvgIpc) is 3.84. The van der Waals surface area contributed by atoms with Crippen LogP contribution >= 0.6 is 11.3 Å². The second-order valence-electron chi connectivity index (χ2n) is 14.5. The molecule has 56 heavy (non-hydrogen) atoms. The van der Waals surface area contributed by atoms with Crippen molar-refractivity contribution in [1.82, 2.24) is 9.97 Å². The van der Waals surface area contributed by atoms with E-state index in [1.54, 1.807) is 11.3 Å². The maximum absolute atomic E-state index is 6.61. The number of aromatic nitrogens is 2. The highest BCUT2D eigenvalue weighted by Gasteiger charge is 2.20. The fraction of sp³-hybridized carbons (Fsp3) is 0. The first-order chi connectivity index (χ1) is 27.7. The molecule has 0 bridgehead atoms. The first-order valence-corrected chi connectivity index (χ1v) is 19.7. The first-order valence-electron chi connectivity index (χ1n) is 18.9. The van der Waals surface area contributed by atoms with E-state index < -0.39 is 0 Å². The summed E-state index contributed by atoms with van der Waals surface area (Å²) in [7, 11) is 0. The second-order valence-corrected chi connectivity index (χ2v) is 15.5. The highest BCUT2D eigenvalue weighted by molar-refractivity contribution is 7.26. The van der Waals surface area contributed by atoms with Crippen LogP contribution in [0.3, 0.4) is 0 Å². The van der Waals surface area contributed by atoms with Crippen LogP contribution in [-0.4, -0.2) is 9.97 Å². The number of thiophene rings is 1. The molecule has 0 aliphatic rings. The molecule has 12 rings (SSSR count). The summed E-state index contributed by atoms with van der Waals surface area (Å²) in [6.45, 7) is 0. The van der Waals surface area contributed by atoms with Crippen LogP contribution in [0.5, 0.6) is 0 Å². The summed E-state index contributed by atoms with van der Waals surface area (Å²) >= 11 is 1.76. The minimum absolute atomic E-state index is 0.693. The largest absolute Gasteiger partial charge is 0.456 e. The molecule has 3 aromatic heterocycles. The molecule has 9 aromatic carbocycles. The molecule has 0 unspecified atom stereocenters. The lowest BCUT2D eigenvalue weighted by atomic mass is 9.92. The molecular weight excluding hydrogens is 701 g/mol. The third kappa shape index (κ3) is 4.83. The van der Waals surface area contributed by atoms with Gasteiger partial charge >= 0.3 is 0 Å². The van der Waals surface area contributed by atoms with Crippen molar-refractivity contribution in [2.75, 3.05) is 0 Å². The topological polar surface area (TPSA) is 38.9 Å². The van der Waals surface area contributed by atoms with Crippen molar-refractivity contribution in [3.05, 3.63) is 182 Å². The van der Waals surface area contributed by atoms with E-state index in [9.17, 15) is 0 Å². The minimum atomic E-state index is 0.693. The summed E-state index contributed by atoms with van der Waals surface area (Å²) in [5.41, 5.74) is 10.3. The molecular formula is C52H30N2OS. The zero-order valence-electron chi connectivity index (χ0n) is 30.0. The molecule has 0 saturated carbocycles. The summed E-state index contributed by atoms with van der Waals surface area (Å²) in [6.07, 6.45) is 0. The van der Waals surface area contributed by atoms with Gasteiger partial charge in [-0.15, -0.1) is 11.3 Å². The summed E-state index contributed by atoms with van der Waals surface area (Å²) in [4.78, 5) is 10.7. The van der Waals surface area contributed by atoms with E-state index in [-0.39, 0.29) is 0 Å². The van der Waals surface area contributed by atoms with Gasteiger partial charge in [-0.3, -0.25) is 0 Å². The Labute approximate surface area is 325 Å². The lowest BCUT2D eigenvalue weighted by Crippen LogP contribution is -1.94. The molecule has 260 valence electrons. The van der Waals surface area contributed by atoms with Gasteiger partial charge in [-0.2, -0.15) is 0 Å². The van der Waals surface area contributed by atoms with E-state index in [0.29, 0.717) is 5.82 Å². The van der Waals surface area contributed by atoms with Crippen molar-refractivity contribution < 1.29 is 4.42 Å². The van der Waals surface area contributed by atoms with Gasteiger partial charge in [-0.1, -0.05) is 146 Å². The number of nitrogens with zero attached hydrogens (tertiary/aromatic N) is 2. The smallest absolute Gasteiger partial charge is 0.161 e. The molecule has 0 amide bonds. The van der Waals surface area contributed by atoms with Crippen LogP contribution in [0.25, 0.3) is 119 Å². The van der Waals surface area contributed by atoms with Gasteiger partial charge < -0.3 is 4.42 Å². The zero-order chi connectivity index (χ0) is 36.7. The Morgan fingerprint density at radius 1 is 0.393 bits per heavy atom. The molecule has 0 spiro atoms. The molecule has 12 aromatic rings. The number of rotatable bonds is 4. The van der Waals surface area contributed by atoms with Gasteiger partial charge in [-0.25, -0.2) is 9.97 Å². The second kappa shape index (κ2) is 12.2. The van der Waals surface area contributed by atoms with Gasteiger partial charge in [0.2, 0.25) is 0 Å². The van der Waals surface area contributed by atoms with Gasteiger partial charge in [0.1, 0.15) is 11.2 Å². The van der Waals surface area contributed by atoms with Crippen molar-refractivity contribution in [1.29, 1.82) is 0 Å². The van der Waals surface area contributed by atoms with E-state index >= 15 is 0 Å². The van der Waals surface area contributed by atoms with E-state index in [0.717, 1.165) is 65.5 Å². The minimum Gasteiger partial charge on any atom is -0.456 e. The van der Waals surface area contributed by atoms with Crippen molar-refractivity contribution in [3.8, 4) is 44.9 Å². The standard InChI is InChI=1S/C52H30N2OS/c1-2-11-34-28-37(25-22-31(34)10-1)49-51-50(42-16-7-8-19-47(42)56-51)54-52(53-49)43-17-9-18-45-48(43)41-27-26-35(30-46(41)55-45)32-20-23-33(24-21-32)44-29-36-12-3-4-13-38(36)39-14-5-6-15-40(39)44/h1-30H. The lowest BCUT2D eigenvalue weighted by molar-refractivity contribution is 0.669. The van der Waals surface area contributed by atoms with Crippen LogP contribution in [0.2, 0.25) is 0 Å². The van der Waals surface area contributed by atoms with Crippen LogP contribution in [0, 0.1) is 0 Å². The third-order valence-corrected chi connectivity index (χ3v) is 12.4. The lowest BCUT2D eigenvalue weighted by Gasteiger charge is -2.12. The summed E-state index contributed by atoms with van der Waals surface area (Å²) in [5, 5.41) is 10.7. The number of furan rings is 1. The SMILES string of the molecule is c1ccc2cc(-c3nc(-c4cccc5oc6cc(-c7ccc(-c8cc9ccccc9c9ccccc89)cc7)ccc6c45)nc4c3sc3ccccc34)ccc2c1. The van der Waals surface area contributed by atoms with Crippen molar-refractivity contribution in [2.24, 2.45) is 0 Å². The van der Waals surface area contributed by atoms with E-state index in [4.69, 9.17) is 14.4 Å². The molecule has 0 radical (unpaired) electrons. The quantitative estimate of drug-likeness (QED) is 0.169. The van der Waals surface area contributed by atoms with Crippen LogP contribution in [-0.2, 0) is 0 Å². The van der Waals surface area contributed by atoms with Gasteiger partial charge in [-0.05, 0) is 91.0 Å². The molecule has 3 heterocycles. The Morgan fingerprint density at radius 3 is 1.96 bits per heavy atom. The molecule has 0 fully saturated rings. The Kier molecular flexibility index (Phi) is 6.80. The van der Waals surface area contributed by atoms with Crippen molar-refractivity contribution in [3.63, 3.8) is 0 Å². The average molecular weight is 731 g/mol. The summed E-state index contributed by atoms with van der Waals surface area (Å²) in [6, 6.07) is 65.0. The van der Waals surface area contributed by atoms with Gasteiger partial charge in [0.25, 0.3) is 0 Å². The monoisotopic (exact) mass is 730 g/mol. The van der Waals surface area contributed by atoms with Crippen molar-refractivity contribution >= 4 is 85.9 Å². The van der Waals surface area contributed by atoms with Gasteiger partial charge in [0.05, 0.1) is 15.9 Å². The number of hydrogen-bond acceptors (Lipinski definition) is 4. The molecule has 0 aliphatic heterocycles. The molecule has 4 heteroatoms. The Morgan fingerprint density at radius 2 is 1.09 bits per heavy atom. The Bertz CT molecular complexity index is 3540. The van der Waals surface area contributed by atoms with E-state index in [2.05, 4.69) is 170 Å². The number of hydrogen-bond donors (Lipinski definition) is 0. The van der Waals surface area contributed by atoms with Crippen LogP contribution < -0.4 is 0 Å². The van der Waals surface area contributed by atoms with Crippen LogP contribution in [0.4, 0.5) is 0 Å². The summed E-state index contributed by atoms with van der Waals surface area (Å²) < 4.78 is 8.91. The summed E-state index contributed by atoms with van der Waals surface area (Å²) in [5.74, 6) is 0.693. The number of fused-ring (bicyclic) bond motifs is 10. The fourth-order valence-electron chi connectivity index (χ4n) is 8.57. The predicted octanol–water partition coefficient (Wildman–Crippen LogP) is 14.9. The highest BCUT2D eigenvalue weighted by atomic mass is 32.1. The fourth-order valence-corrected chi connectivity index (χ4v) is 9.72. The van der Waals surface area contributed by atoms with Crippen molar-refractivity contribution in [2.45, 2.75) is 0 Å². The maximum Gasteiger partial charge on any atom is 0.161 e. The maximum atomic E-state index is 6.61. The molecule has 0 saturated heterocycles. The van der Waals surface area contributed by atoms with Crippen LogP contribution in [0.15, 0.2) is 186 Å². The van der Waals surface area contributed by atoms with Crippen LogP contribution in [0.1, 0.15) is 0 Å². The molecule has 0 aliphatic carbocycles. The number of benzene rings is 9. The third-order valence-electron chi connectivity index (χ3n) is 11.3.